The second-order valence-corrected chi connectivity index (χ2v) is 12.8. The van der Waals surface area contributed by atoms with Gasteiger partial charge in [0, 0.05) is 32.2 Å². The number of benzene rings is 5. The number of ether oxygens (including phenoxy) is 3. The molecule has 0 aliphatic carbocycles. The quantitative estimate of drug-likeness (QED) is 0.0908. The molecular weight excluding hydrogens is 700 g/mol. The number of methoxy groups -OCH3 is 1. The SMILES string of the molecule is COc1cc(COc2ccc(Br)cc2/C=N/NC(=O)c2ccc(-c3csc(Nc4ccc(C)cc4)n3)cc2)ccc1OCc1ccccc1. The van der Waals surface area contributed by atoms with Crippen molar-refractivity contribution in [3.8, 4) is 28.5 Å². The number of hydrazone groups is 1. The molecule has 6 aromatic rings. The Bertz CT molecular complexity index is 2050. The summed E-state index contributed by atoms with van der Waals surface area (Å²) in [5.41, 5.74) is 9.69. The van der Waals surface area contributed by atoms with Gasteiger partial charge in [-0.2, -0.15) is 5.10 Å². The normalized spacial score (nSPS) is 10.9. The third-order valence-electron chi connectivity index (χ3n) is 7.45. The van der Waals surface area contributed by atoms with Crippen molar-refractivity contribution in [1.29, 1.82) is 0 Å². The highest BCUT2D eigenvalue weighted by atomic mass is 79.9. The number of hydrogen-bond acceptors (Lipinski definition) is 8. The summed E-state index contributed by atoms with van der Waals surface area (Å²) in [6.07, 6.45) is 1.56. The number of rotatable bonds is 13. The molecule has 0 bridgehead atoms. The molecule has 49 heavy (non-hydrogen) atoms. The van der Waals surface area contributed by atoms with E-state index in [4.69, 9.17) is 19.2 Å². The lowest BCUT2D eigenvalue weighted by Crippen LogP contribution is -2.17. The van der Waals surface area contributed by atoms with Gasteiger partial charge in [0.1, 0.15) is 19.0 Å². The molecule has 8 nitrogen and oxygen atoms in total. The van der Waals surface area contributed by atoms with Crippen LogP contribution in [0.15, 0.2) is 130 Å². The van der Waals surface area contributed by atoms with Crippen LogP contribution in [0.4, 0.5) is 10.8 Å². The first kappa shape index (κ1) is 33.5. The van der Waals surface area contributed by atoms with Gasteiger partial charge in [-0.3, -0.25) is 4.79 Å². The molecular formula is C39H33BrN4O4S. The third-order valence-corrected chi connectivity index (χ3v) is 8.70. The summed E-state index contributed by atoms with van der Waals surface area (Å²) in [7, 11) is 1.61. The maximum atomic E-state index is 12.9. The minimum Gasteiger partial charge on any atom is -0.493 e. The first-order valence-electron chi connectivity index (χ1n) is 15.4. The lowest BCUT2D eigenvalue weighted by molar-refractivity contribution is 0.0955. The molecule has 0 spiro atoms. The van der Waals surface area contributed by atoms with Gasteiger partial charge in [-0.15, -0.1) is 11.3 Å². The fourth-order valence-corrected chi connectivity index (χ4v) is 5.93. The van der Waals surface area contributed by atoms with E-state index in [2.05, 4.69) is 50.8 Å². The van der Waals surface area contributed by atoms with Gasteiger partial charge in [-0.05, 0) is 72.6 Å². The highest BCUT2D eigenvalue weighted by Crippen LogP contribution is 2.31. The van der Waals surface area contributed by atoms with Crippen LogP contribution in [0, 0.1) is 6.92 Å². The number of thiazole rings is 1. The molecule has 0 unspecified atom stereocenters. The molecule has 0 atom stereocenters. The van der Waals surface area contributed by atoms with Crippen molar-refractivity contribution in [2.45, 2.75) is 20.1 Å². The number of carbonyl (C=O) groups is 1. The molecule has 1 amide bonds. The van der Waals surface area contributed by atoms with Crippen LogP contribution < -0.4 is 25.0 Å². The summed E-state index contributed by atoms with van der Waals surface area (Å²) in [5, 5.41) is 10.3. The average Bonchev–Trinajstić information content (AvgIpc) is 3.60. The number of anilines is 2. The van der Waals surface area contributed by atoms with Crippen LogP contribution in [0.2, 0.25) is 0 Å². The molecule has 0 saturated heterocycles. The standard InChI is InChI=1S/C39H33BrN4O4S/c1-26-8-16-33(17-9-26)42-39-43-34(25-49-39)29-11-13-30(14-12-29)38(45)44-41-22-31-21-32(40)15-19-35(31)47-24-28-10-18-36(37(20-28)46-2)48-23-27-6-4-3-5-7-27/h3-22,25H,23-24H2,1-2H3,(H,42,43)(H,44,45)/b41-22+. The van der Waals surface area contributed by atoms with E-state index < -0.39 is 0 Å². The molecule has 5 aromatic carbocycles. The van der Waals surface area contributed by atoms with E-state index in [9.17, 15) is 4.79 Å². The Morgan fingerprint density at radius 3 is 2.35 bits per heavy atom. The van der Waals surface area contributed by atoms with Gasteiger partial charge in [0.05, 0.1) is 19.0 Å². The van der Waals surface area contributed by atoms with Crippen LogP contribution in [0.3, 0.4) is 0 Å². The van der Waals surface area contributed by atoms with E-state index in [1.165, 1.54) is 16.9 Å². The zero-order chi connectivity index (χ0) is 34.0. The maximum Gasteiger partial charge on any atom is 0.271 e. The molecule has 2 N–H and O–H groups in total. The topological polar surface area (TPSA) is 94.1 Å². The van der Waals surface area contributed by atoms with E-state index >= 15 is 0 Å². The van der Waals surface area contributed by atoms with Crippen LogP contribution in [-0.2, 0) is 13.2 Å². The van der Waals surface area contributed by atoms with E-state index in [1.807, 2.05) is 96.4 Å². The maximum absolute atomic E-state index is 12.9. The molecule has 246 valence electrons. The van der Waals surface area contributed by atoms with Gasteiger partial charge in [0.2, 0.25) is 0 Å². The second-order valence-electron chi connectivity index (χ2n) is 11.0. The van der Waals surface area contributed by atoms with Crippen molar-refractivity contribution in [3.63, 3.8) is 0 Å². The molecule has 6 rings (SSSR count). The van der Waals surface area contributed by atoms with E-state index in [0.717, 1.165) is 37.7 Å². The Balaban J connectivity index is 1.04. The van der Waals surface area contributed by atoms with Gasteiger partial charge in [-0.25, -0.2) is 10.4 Å². The average molecular weight is 734 g/mol. The molecule has 0 aliphatic heterocycles. The van der Waals surface area contributed by atoms with E-state index in [-0.39, 0.29) is 5.91 Å². The molecule has 0 aliphatic rings. The smallest absolute Gasteiger partial charge is 0.271 e. The van der Waals surface area contributed by atoms with Crippen LogP contribution in [0.5, 0.6) is 17.2 Å². The largest absolute Gasteiger partial charge is 0.493 e. The number of nitrogens with one attached hydrogen (secondary N) is 2. The highest BCUT2D eigenvalue weighted by molar-refractivity contribution is 9.10. The monoisotopic (exact) mass is 732 g/mol. The van der Waals surface area contributed by atoms with Crippen molar-refractivity contribution in [2.75, 3.05) is 12.4 Å². The Hall–Kier alpha value is -5.45. The fourth-order valence-electron chi connectivity index (χ4n) is 4.81. The summed E-state index contributed by atoms with van der Waals surface area (Å²) in [4.78, 5) is 17.6. The minimum absolute atomic E-state index is 0.291. The van der Waals surface area contributed by atoms with Crippen molar-refractivity contribution < 1.29 is 19.0 Å². The van der Waals surface area contributed by atoms with Crippen molar-refractivity contribution in [3.05, 3.63) is 153 Å². The lowest BCUT2D eigenvalue weighted by atomic mass is 10.1. The molecule has 0 fully saturated rings. The van der Waals surface area contributed by atoms with Crippen molar-refractivity contribution >= 4 is 50.2 Å². The summed E-state index contributed by atoms with van der Waals surface area (Å²) in [6, 6.07) is 36.7. The number of hydrogen-bond donors (Lipinski definition) is 2. The molecule has 0 radical (unpaired) electrons. The summed E-state index contributed by atoms with van der Waals surface area (Å²) in [6.45, 7) is 2.79. The number of halogens is 1. The Kier molecular flexibility index (Phi) is 11.0. The number of amides is 1. The van der Waals surface area contributed by atoms with Crippen LogP contribution in [0.1, 0.15) is 32.6 Å². The van der Waals surface area contributed by atoms with Gasteiger partial charge in [0.25, 0.3) is 5.91 Å². The number of nitrogens with zero attached hydrogens (tertiary/aromatic N) is 2. The van der Waals surface area contributed by atoms with Gasteiger partial charge < -0.3 is 19.5 Å². The lowest BCUT2D eigenvalue weighted by Gasteiger charge is -2.14. The minimum atomic E-state index is -0.332. The van der Waals surface area contributed by atoms with Crippen molar-refractivity contribution in [2.24, 2.45) is 5.10 Å². The predicted octanol–water partition coefficient (Wildman–Crippen LogP) is 9.56. The summed E-state index contributed by atoms with van der Waals surface area (Å²) >= 11 is 5.04. The third kappa shape index (κ3) is 9.13. The van der Waals surface area contributed by atoms with Gasteiger partial charge in [0.15, 0.2) is 16.6 Å². The number of aromatic nitrogens is 1. The zero-order valence-electron chi connectivity index (χ0n) is 26.9. The Labute approximate surface area is 297 Å². The summed E-state index contributed by atoms with van der Waals surface area (Å²) in [5.74, 6) is 1.55. The zero-order valence-corrected chi connectivity index (χ0v) is 29.3. The Morgan fingerprint density at radius 1 is 0.837 bits per heavy atom. The van der Waals surface area contributed by atoms with Crippen LogP contribution >= 0.6 is 27.3 Å². The Morgan fingerprint density at radius 2 is 1.57 bits per heavy atom. The fraction of sp³-hybridized carbons (Fsp3) is 0.103. The number of aryl methyl sites for hydroxylation is 1. The number of carbonyl (C=O) groups excluding carboxylic acids is 1. The van der Waals surface area contributed by atoms with Crippen molar-refractivity contribution in [1.82, 2.24) is 10.4 Å². The van der Waals surface area contributed by atoms with Crippen LogP contribution in [-0.4, -0.2) is 24.2 Å². The van der Waals surface area contributed by atoms with Gasteiger partial charge >= 0.3 is 0 Å². The first-order valence-corrected chi connectivity index (χ1v) is 17.1. The van der Waals surface area contributed by atoms with E-state index in [1.54, 1.807) is 25.5 Å². The molecule has 1 aromatic heterocycles. The highest BCUT2D eigenvalue weighted by Gasteiger charge is 2.11. The van der Waals surface area contributed by atoms with Gasteiger partial charge in [-0.1, -0.05) is 82.2 Å². The summed E-state index contributed by atoms with van der Waals surface area (Å²) < 4.78 is 18.6. The molecule has 0 saturated carbocycles. The second kappa shape index (κ2) is 16.1. The van der Waals surface area contributed by atoms with Crippen LogP contribution in [0.25, 0.3) is 11.3 Å². The van der Waals surface area contributed by atoms with E-state index in [0.29, 0.717) is 41.6 Å². The molecule has 1 heterocycles. The molecule has 10 heteroatoms. The first-order chi connectivity index (χ1) is 23.9. The predicted molar refractivity (Wildman–Crippen MR) is 199 cm³/mol.